The molecule has 2 aromatic rings. The summed E-state index contributed by atoms with van der Waals surface area (Å²) in [5.41, 5.74) is 0.990. The van der Waals surface area contributed by atoms with Gasteiger partial charge in [-0.15, -0.1) is 11.3 Å². The molecule has 0 aliphatic carbocycles. The highest BCUT2D eigenvalue weighted by Crippen LogP contribution is 2.22. The van der Waals surface area contributed by atoms with E-state index in [9.17, 15) is 4.79 Å². The van der Waals surface area contributed by atoms with Crippen molar-refractivity contribution in [1.29, 1.82) is 0 Å². The van der Waals surface area contributed by atoms with E-state index in [2.05, 4.69) is 18.8 Å². The largest absolute Gasteiger partial charge is 0.489 e. The number of amides is 1. The first-order chi connectivity index (χ1) is 10.6. The van der Waals surface area contributed by atoms with E-state index in [0.717, 1.165) is 24.4 Å². The number of thiazole rings is 1. The predicted octanol–water partition coefficient (Wildman–Crippen LogP) is 3.56. The maximum atomic E-state index is 12.5. The number of nitrogens with zero attached hydrogens (tertiary/aromatic N) is 2. The highest BCUT2D eigenvalue weighted by molar-refractivity contribution is 7.11. The molecule has 2 heterocycles. The number of likely N-dealkylation sites (tertiary alicyclic amines) is 1. The second-order valence-electron chi connectivity index (χ2n) is 5.82. The van der Waals surface area contributed by atoms with Gasteiger partial charge in [0.1, 0.15) is 11.9 Å². The molecule has 1 unspecified atom stereocenters. The molecule has 0 bridgehead atoms. The van der Waals surface area contributed by atoms with Gasteiger partial charge in [0.15, 0.2) is 5.01 Å². The summed E-state index contributed by atoms with van der Waals surface area (Å²) in [4.78, 5) is 18.8. The monoisotopic (exact) mass is 316 g/mol. The predicted molar refractivity (Wildman–Crippen MR) is 87.6 cm³/mol. The van der Waals surface area contributed by atoms with Crippen molar-refractivity contribution in [3.05, 3.63) is 46.4 Å². The standard InChI is InChI=1S/C17H20N2O2S/c1-12(2)15-11-22-16(18-15)17(20)19-9-8-14(10-19)21-13-6-4-3-5-7-13/h3-7,11-12,14H,8-10H2,1-2H3. The Morgan fingerprint density at radius 2 is 2.14 bits per heavy atom. The average Bonchev–Trinajstić information content (AvgIpc) is 3.17. The number of hydrogen-bond acceptors (Lipinski definition) is 4. The van der Waals surface area contributed by atoms with E-state index in [0.29, 0.717) is 17.5 Å². The quantitative estimate of drug-likeness (QED) is 0.866. The van der Waals surface area contributed by atoms with Crippen molar-refractivity contribution in [3.8, 4) is 5.75 Å². The van der Waals surface area contributed by atoms with Crippen LogP contribution in [0.2, 0.25) is 0 Å². The molecule has 1 amide bonds. The molecule has 0 saturated carbocycles. The van der Waals surface area contributed by atoms with Crippen LogP contribution in [0.5, 0.6) is 5.75 Å². The Labute approximate surface area is 134 Å². The zero-order chi connectivity index (χ0) is 15.5. The molecule has 0 radical (unpaired) electrons. The molecule has 0 N–H and O–H groups in total. The lowest BCUT2D eigenvalue weighted by Gasteiger charge is -2.16. The van der Waals surface area contributed by atoms with E-state index in [1.807, 2.05) is 40.6 Å². The van der Waals surface area contributed by atoms with Crippen LogP contribution in [0.1, 0.15) is 41.7 Å². The molecule has 1 atom stereocenters. The zero-order valence-corrected chi connectivity index (χ0v) is 13.7. The van der Waals surface area contributed by atoms with Crippen LogP contribution in [-0.4, -0.2) is 35.0 Å². The highest BCUT2D eigenvalue weighted by atomic mass is 32.1. The minimum atomic E-state index is 0.0241. The number of aromatic nitrogens is 1. The molecule has 22 heavy (non-hydrogen) atoms. The topological polar surface area (TPSA) is 42.4 Å². The van der Waals surface area contributed by atoms with Crippen LogP contribution in [0.15, 0.2) is 35.7 Å². The van der Waals surface area contributed by atoms with Crippen molar-refractivity contribution < 1.29 is 9.53 Å². The van der Waals surface area contributed by atoms with Gasteiger partial charge in [0.05, 0.1) is 12.2 Å². The minimum absolute atomic E-state index is 0.0241. The molecular weight excluding hydrogens is 296 g/mol. The number of carbonyl (C=O) groups excluding carboxylic acids is 1. The summed E-state index contributed by atoms with van der Waals surface area (Å²) in [7, 11) is 0. The molecular formula is C17H20N2O2S. The molecule has 1 aliphatic rings. The first-order valence-electron chi connectivity index (χ1n) is 7.60. The number of ether oxygens (including phenoxy) is 1. The van der Waals surface area contributed by atoms with E-state index in [1.165, 1.54) is 11.3 Å². The number of benzene rings is 1. The van der Waals surface area contributed by atoms with Gasteiger partial charge in [-0.05, 0) is 18.1 Å². The Hall–Kier alpha value is -1.88. The van der Waals surface area contributed by atoms with Crippen molar-refractivity contribution in [2.24, 2.45) is 0 Å². The summed E-state index contributed by atoms with van der Waals surface area (Å²) in [6.45, 7) is 5.53. The molecule has 1 saturated heterocycles. The summed E-state index contributed by atoms with van der Waals surface area (Å²) in [5.74, 6) is 1.24. The highest BCUT2D eigenvalue weighted by Gasteiger charge is 2.29. The van der Waals surface area contributed by atoms with E-state index in [4.69, 9.17) is 4.74 Å². The third kappa shape index (κ3) is 3.30. The van der Waals surface area contributed by atoms with Crippen molar-refractivity contribution >= 4 is 17.2 Å². The van der Waals surface area contributed by atoms with E-state index < -0.39 is 0 Å². The van der Waals surface area contributed by atoms with Gasteiger partial charge >= 0.3 is 0 Å². The first-order valence-corrected chi connectivity index (χ1v) is 8.48. The van der Waals surface area contributed by atoms with E-state index in [-0.39, 0.29) is 12.0 Å². The van der Waals surface area contributed by atoms with Crippen LogP contribution >= 0.6 is 11.3 Å². The Bertz CT molecular complexity index is 639. The molecule has 0 spiro atoms. The van der Waals surface area contributed by atoms with Gasteiger partial charge in [0.2, 0.25) is 0 Å². The summed E-state index contributed by atoms with van der Waals surface area (Å²) in [6, 6.07) is 9.76. The van der Waals surface area contributed by atoms with Crippen molar-refractivity contribution in [1.82, 2.24) is 9.88 Å². The van der Waals surface area contributed by atoms with Crippen molar-refractivity contribution in [2.75, 3.05) is 13.1 Å². The lowest BCUT2D eigenvalue weighted by Crippen LogP contribution is -2.30. The van der Waals surface area contributed by atoms with Gasteiger partial charge in [0.25, 0.3) is 5.91 Å². The van der Waals surface area contributed by atoms with Crippen LogP contribution in [0.3, 0.4) is 0 Å². The fourth-order valence-electron chi connectivity index (χ4n) is 2.49. The number of para-hydroxylation sites is 1. The summed E-state index contributed by atoms with van der Waals surface area (Å²) in [6.07, 6.45) is 0.930. The number of carbonyl (C=O) groups is 1. The normalized spacial score (nSPS) is 18.0. The zero-order valence-electron chi connectivity index (χ0n) is 12.9. The molecule has 1 aromatic heterocycles. The minimum Gasteiger partial charge on any atom is -0.489 e. The van der Waals surface area contributed by atoms with Crippen molar-refractivity contribution in [2.45, 2.75) is 32.3 Å². The molecule has 1 aliphatic heterocycles. The Balaban J connectivity index is 1.60. The lowest BCUT2D eigenvalue weighted by atomic mass is 10.2. The molecule has 1 aromatic carbocycles. The Kier molecular flexibility index (Phi) is 4.43. The van der Waals surface area contributed by atoms with Crippen molar-refractivity contribution in [3.63, 3.8) is 0 Å². The van der Waals surface area contributed by atoms with Crippen LogP contribution in [0.25, 0.3) is 0 Å². The molecule has 116 valence electrons. The van der Waals surface area contributed by atoms with Crippen LogP contribution < -0.4 is 4.74 Å². The maximum Gasteiger partial charge on any atom is 0.282 e. The van der Waals surface area contributed by atoms with Crippen LogP contribution in [0, 0.1) is 0 Å². The molecule has 3 rings (SSSR count). The van der Waals surface area contributed by atoms with Gasteiger partial charge in [-0.3, -0.25) is 4.79 Å². The third-order valence-electron chi connectivity index (χ3n) is 3.77. The number of rotatable bonds is 4. The molecule has 5 heteroatoms. The second kappa shape index (κ2) is 6.48. The smallest absolute Gasteiger partial charge is 0.282 e. The first kappa shape index (κ1) is 15.0. The fraction of sp³-hybridized carbons (Fsp3) is 0.412. The van der Waals surface area contributed by atoms with Gasteiger partial charge in [-0.25, -0.2) is 4.98 Å². The van der Waals surface area contributed by atoms with Gasteiger partial charge in [0, 0.05) is 18.3 Å². The van der Waals surface area contributed by atoms with E-state index >= 15 is 0 Å². The summed E-state index contributed by atoms with van der Waals surface area (Å²) < 4.78 is 5.92. The number of hydrogen-bond donors (Lipinski definition) is 0. The average molecular weight is 316 g/mol. The molecule has 1 fully saturated rings. The Morgan fingerprint density at radius 3 is 2.82 bits per heavy atom. The lowest BCUT2D eigenvalue weighted by molar-refractivity contribution is 0.0772. The van der Waals surface area contributed by atoms with Gasteiger partial charge in [-0.1, -0.05) is 32.0 Å². The maximum absolute atomic E-state index is 12.5. The van der Waals surface area contributed by atoms with Crippen LogP contribution in [0.4, 0.5) is 0 Å². The summed E-state index contributed by atoms with van der Waals surface area (Å²) in [5, 5.41) is 2.57. The summed E-state index contributed by atoms with van der Waals surface area (Å²) >= 11 is 1.43. The van der Waals surface area contributed by atoms with Gasteiger partial charge in [-0.2, -0.15) is 0 Å². The fourth-order valence-corrected chi connectivity index (χ4v) is 3.43. The third-order valence-corrected chi connectivity index (χ3v) is 4.62. The SMILES string of the molecule is CC(C)c1csc(C(=O)N2CCC(Oc3ccccc3)C2)n1. The van der Waals surface area contributed by atoms with Gasteiger partial charge < -0.3 is 9.64 Å². The van der Waals surface area contributed by atoms with Crippen LogP contribution in [-0.2, 0) is 0 Å². The molecule has 4 nitrogen and oxygen atoms in total. The second-order valence-corrected chi connectivity index (χ2v) is 6.68. The van der Waals surface area contributed by atoms with E-state index in [1.54, 1.807) is 0 Å². The Morgan fingerprint density at radius 1 is 1.36 bits per heavy atom.